The zero-order valence-corrected chi connectivity index (χ0v) is 10.9. The van der Waals surface area contributed by atoms with Crippen LogP contribution in [0.2, 0.25) is 0 Å². The quantitative estimate of drug-likeness (QED) is 0.472. The number of carbonyl (C=O) groups is 3. The van der Waals surface area contributed by atoms with Crippen molar-refractivity contribution >= 4 is 34.2 Å². The molecule has 0 aromatic heterocycles. The van der Waals surface area contributed by atoms with Crippen LogP contribution in [0.25, 0.3) is 0 Å². The molecule has 0 saturated heterocycles. The molecular formula is C12H17NO3S. The lowest BCUT2D eigenvalue weighted by molar-refractivity contribution is -0.142. The zero-order chi connectivity index (χ0) is 13.0. The SMILES string of the molecule is CCSC(=N)C1CC(=O)C(C(=O)CC)C(=O)C1. The van der Waals surface area contributed by atoms with Gasteiger partial charge in [-0.15, -0.1) is 11.8 Å². The van der Waals surface area contributed by atoms with Gasteiger partial charge in [0, 0.05) is 25.2 Å². The fourth-order valence-electron chi connectivity index (χ4n) is 2.00. The molecule has 0 bridgehead atoms. The smallest absolute Gasteiger partial charge is 0.151 e. The second-order valence-corrected chi connectivity index (χ2v) is 5.39. The lowest BCUT2D eigenvalue weighted by Crippen LogP contribution is -2.40. The third kappa shape index (κ3) is 3.25. The van der Waals surface area contributed by atoms with E-state index in [9.17, 15) is 14.4 Å². The molecule has 94 valence electrons. The molecule has 0 radical (unpaired) electrons. The summed E-state index contributed by atoms with van der Waals surface area (Å²) in [5.41, 5.74) is 0. The molecule has 0 unspecified atom stereocenters. The molecular weight excluding hydrogens is 238 g/mol. The van der Waals surface area contributed by atoms with Crippen LogP contribution < -0.4 is 0 Å². The third-order valence-electron chi connectivity index (χ3n) is 2.88. The predicted molar refractivity (Wildman–Crippen MR) is 67.4 cm³/mol. The summed E-state index contributed by atoms with van der Waals surface area (Å²) in [7, 11) is 0. The van der Waals surface area contributed by atoms with Gasteiger partial charge in [-0.3, -0.25) is 19.8 Å². The first kappa shape index (κ1) is 14.1. The van der Waals surface area contributed by atoms with Gasteiger partial charge in [0.15, 0.2) is 17.3 Å². The Bertz CT molecular complexity index is 347. The van der Waals surface area contributed by atoms with E-state index in [1.165, 1.54) is 11.8 Å². The minimum atomic E-state index is -1.05. The summed E-state index contributed by atoms with van der Waals surface area (Å²) >= 11 is 1.35. The molecule has 0 atom stereocenters. The predicted octanol–water partition coefficient (Wildman–Crippen LogP) is 1.86. The highest BCUT2D eigenvalue weighted by Gasteiger charge is 2.40. The summed E-state index contributed by atoms with van der Waals surface area (Å²) in [5.74, 6) is -1.49. The molecule has 0 aliphatic heterocycles. The van der Waals surface area contributed by atoms with Crippen molar-refractivity contribution in [2.75, 3.05) is 5.75 Å². The van der Waals surface area contributed by atoms with Crippen LogP contribution in [0.5, 0.6) is 0 Å². The Morgan fingerprint density at radius 2 is 1.82 bits per heavy atom. The van der Waals surface area contributed by atoms with Crippen LogP contribution in [0.15, 0.2) is 0 Å². The topological polar surface area (TPSA) is 75.1 Å². The Kier molecular flexibility index (Phi) is 5.05. The van der Waals surface area contributed by atoms with E-state index < -0.39 is 5.92 Å². The Labute approximate surface area is 105 Å². The number of hydrogen-bond acceptors (Lipinski definition) is 5. The zero-order valence-electron chi connectivity index (χ0n) is 10.1. The third-order valence-corrected chi connectivity index (χ3v) is 3.81. The van der Waals surface area contributed by atoms with Gasteiger partial charge in [0.25, 0.3) is 0 Å². The molecule has 1 fully saturated rings. The number of ketones is 3. The molecule has 1 aliphatic carbocycles. The Morgan fingerprint density at radius 3 is 2.24 bits per heavy atom. The first-order valence-electron chi connectivity index (χ1n) is 5.80. The van der Waals surface area contributed by atoms with Gasteiger partial charge < -0.3 is 0 Å². The lowest BCUT2D eigenvalue weighted by Gasteiger charge is -2.25. The summed E-state index contributed by atoms with van der Waals surface area (Å²) in [5, 5.41) is 8.14. The molecule has 5 heteroatoms. The number of Topliss-reactive ketones (excluding diaryl/α,β-unsaturated/α-hetero) is 3. The molecule has 1 rings (SSSR count). The Morgan fingerprint density at radius 1 is 1.29 bits per heavy atom. The minimum Gasteiger partial charge on any atom is -0.298 e. The van der Waals surface area contributed by atoms with Gasteiger partial charge in [0.2, 0.25) is 0 Å². The number of thioether (sulfide) groups is 1. The van der Waals surface area contributed by atoms with E-state index in [2.05, 4.69) is 0 Å². The van der Waals surface area contributed by atoms with Crippen molar-refractivity contribution in [1.29, 1.82) is 5.41 Å². The summed E-state index contributed by atoms with van der Waals surface area (Å²) in [6.07, 6.45) is 0.538. The number of hydrogen-bond donors (Lipinski definition) is 1. The van der Waals surface area contributed by atoms with Crippen molar-refractivity contribution in [3.05, 3.63) is 0 Å². The summed E-state index contributed by atoms with van der Waals surface area (Å²) in [6.45, 7) is 3.58. The molecule has 0 spiro atoms. The number of rotatable bonds is 4. The normalized spacial score (nSPS) is 24.8. The summed E-state index contributed by atoms with van der Waals surface area (Å²) < 4.78 is 0. The fraction of sp³-hybridized carbons (Fsp3) is 0.667. The highest BCUT2D eigenvalue weighted by molar-refractivity contribution is 8.13. The van der Waals surface area contributed by atoms with Crippen molar-refractivity contribution in [3.63, 3.8) is 0 Å². The van der Waals surface area contributed by atoms with E-state index >= 15 is 0 Å². The van der Waals surface area contributed by atoms with Crippen LogP contribution in [-0.2, 0) is 14.4 Å². The lowest BCUT2D eigenvalue weighted by atomic mass is 9.78. The number of nitrogens with one attached hydrogen (secondary N) is 1. The maximum absolute atomic E-state index is 11.8. The van der Waals surface area contributed by atoms with Gasteiger partial charge in [-0.2, -0.15) is 0 Å². The van der Waals surface area contributed by atoms with E-state index in [0.717, 1.165) is 5.75 Å². The second kappa shape index (κ2) is 6.10. The molecule has 0 aromatic carbocycles. The highest BCUT2D eigenvalue weighted by atomic mass is 32.2. The van der Waals surface area contributed by atoms with Crippen LogP contribution in [-0.4, -0.2) is 28.1 Å². The van der Waals surface area contributed by atoms with Gasteiger partial charge in [-0.05, 0) is 5.75 Å². The van der Waals surface area contributed by atoms with Crippen LogP contribution in [0.3, 0.4) is 0 Å². The van der Waals surface area contributed by atoms with Gasteiger partial charge in [0.05, 0.1) is 5.04 Å². The molecule has 17 heavy (non-hydrogen) atoms. The van der Waals surface area contributed by atoms with Crippen LogP contribution in [0.1, 0.15) is 33.1 Å². The fourth-order valence-corrected chi connectivity index (χ4v) is 2.71. The Balaban J connectivity index is 2.74. The molecule has 0 aromatic rings. The summed E-state index contributed by atoms with van der Waals surface area (Å²) in [6, 6.07) is 0. The van der Waals surface area contributed by atoms with Crippen molar-refractivity contribution in [1.82, 2.24) is 0 Å². The van der Waals surface area contributed by atoms with Gasteiger partial charge in [0.1, 0.15) is 5.92 Å². The van der Waals surface area contributed by atoms with Crippen molar-refractivity contribution < 1.29 is 14.4 Å². The minimum absolute atomic E-state index is 0.161. The standard InChI is InChI=1S/C12H17NO3S/c1-3-8(14)11-9(15)5-7(6-10(11)16)12(13)17-4-2/h7,11,13H,3-6H2,1-2H3. The van der Waals surface area contributed by atoms with Gasteiger partial charge in [-0.25, -0.2) is 0 Å². The first-order chi connectivity index (χ1) is 8.01. The van der Waals surface area contributed by atoms with Crippen LogP contribution in [0.4, 0.5) is 0 Å². The van der Waals surface area contributed by atoms with Gasteiger partial charge >= 0.3 is 0 Å². The maximum Gasteiger partial charge on any atom is 0.151 e. The average Bonchev–Trinajstić information content (AvgIpc) is 2.28. The first-order valence-corrected chi connectivity index (χ1v) is 6.79. The van der Waals surface area contributed by atoms with E-state index in [-0.39, 0.29) is 42.5 Å². The van der Waals surface area contributed by atoms with Crippen molar-refractivity contribution in [2.45, 2.75) is 33.1 Å². The molecule has 1 aliphatic rings. The Hall–Kier alpha value is -0.970. The summed E-state index contributed by atoms with van der Waals surface area (Å²) in [4.78, 5) is 35.0. The molecule has 0 heterocycles. The highest BCUT2D eigenvalue weighted by Crippen LogP contribution is 2.28. The van der Waals surface area contributed by atoms with E-state index in [0.29, 0.717) is 5.04 Å². The monoisotopic (exact) mass is 255 g/mol. The molecule has 1 saturated carbocycles. The molecule has 1 N–H and O–H groups in total. The van der Waals surface area contributed by atoms with E-state index in [1.807, 2.05) is 6.92 Å². The molecule has 0 amide bonds. The number of carbonyl (C=O) groups excluding carboxylic acids is 3. The van der Waals surface area contributed by atoms with Crippen molar-refractivity contribution in [3.8, 4) is 0 Å². The van der Waals surface area contributed by atoms with Gasteiger partial charge in [-0.1, -0.05) is 13.8 Å². The van der Waals surface area contributed by atoms with Crippen molar-refractivity contribution in [2.24, 2.45) is 11.8 Å². The van der Waals surface area contributed by atoms with E-state index in [1.54, 1.807) is 6.92 Å². The van der Waals surface area contributed by atoms with E-state index in [4.69, 9.17) is 5.41 Å². The van der Waals surface area contributed by atoms with Crippen LogP contribution in [0, 0.1) is 17.2 Å². The maximum atomic E-state index is 11.8. The largest absolute Gasteiger partial charge is 0.298 e. The molecule has 4 nitrogen and oxygen atoms in total. The van der Waals surface area contributed by atoms with Crippen LogP contribution >= 0.6 is 11.8 Å². The average molecular weight is 255 g/mol. The second-order valence-electron chi connectivity index (χ2n) is 4.09.